The number of carbonyl (C=O) groups is 1. The Morgan fingerprint density at radius 3 is 2.73 bits per heavy atom. The second kappa shape index (κ2) is 9.68. The Balaban J connectivity index is 1.51. The fourth-order valence-electron chi connectivity index (χ4n) is 5.75. The summed E-state index contributed by atoms with van der Waals surface area (Å²) in [7, 11) is 3.83. The first kappa shape index (κ1) is 25.0. The first-order valence-electron chi connectivity index (χ1n) is 13.1. The van der Waals surface area contributed by atoms with Crippen molar-refractivity contribution < 1.29 is 9.53 Å². The molecule has 2 aliphatic rings. The number of likely N-dealkylation sites (tertiary alicyclic amines) is 1. The predicted molar refractivity (Wildman–Crippen MR) is 142 cm³/mol. The van der Waals surface area contributed by atoms with Crippen LogP contribution in [0.4, 0.5) is 0 Å². The van der Waals surface area contributed by atoms with E-state index in [0.29, 0.717) is 23.0 Å². The standard InChI is InChI=1S/C30H35N5O2/c1-29(32,27-19-33-20-35(27)3)23-12-11-22(18-31)26(16-23)37-25-8-6-7-24(15-25)30(17-21-9-10-21)13-4-5-14-34(2)28(30)36/h6-8,11-12,15-16,19-21H,4-5,9-10,13-14,17,32H2,1-3H3. The Morgan fingerprint density at radius 1 is 1.22 bits per heavy atom. The molecule has 2 N–H and O–H groups in total. The lowest BCUT2D eigenvalue weighted by atomic mass is 9.72. The highest BCUT2D eigenvalue weighted by Gasteiger charge is 2.46. The third-order valence-electron chi connectivity index (χ3n) is 8.10. The molecule has 3 aromatic rings. The summed E-state index contributed by atoms with van der Waals surface area (Å²) in [5, 5.41) is 9.79. The molecule has 1 amide bonds. The quantitative estimate of drug-likeness (QED) is 0.496. The number of nitrogens with zero attached hydrogens (tertiary/aromatic N) is 4. The number of likely N-dealkylation sites (N-methyl/N-ethyl adjacent to an activating group) is 1. The molecule has 0 bridgehead atoms. The van der Waals surface area contributed by atoms with Gasteiger partial charge >= 0.3 is 0 Å². The molecule has 1 aliphatic carbocycles. The van der Waals surface area contributed by atoms with Crippen molar-refractivity contribution in [3.63, 3.8) is 0 Å². The Morgan fingerprint density at radius 2 is 2.03 bits per heavy atom. The molecule has 192 valence electrons. The summed E-state index contributed by atoms with van der Waals surface area (Å²) in [5.74, 6) is 1.87. The average molecular weight is 498 g/mol. The van der Waals surface area contributed by atoms with Crippen LogP contribution in [0.15, 0.2) is 55.0 Å². The van der Waals surface area contributed by atoms with E-state index in [4.69, 9.17) is 10.5 Å². The Hall–Kier alpha value is -3.63. The summed E-state index contributed by atoms with van der Waals surface area (Å²) in [6.45, 7) is 2.72. The van der Waals surface area contributed by atoms with Gasteiger partial charge in [0, 0.05) is 20.6 Å². The van der Waals surface area contributed by atoms with E-state index < -0.39 is 11.0 Å². The highest BCUT2D eigenvalue weighted by atomic mass is 16.5. The minimum atomic E-state index is -0.829. The van der Waals surface area contributed by atoms with Gasteiger partial charge in [-0.05, 0) is 67.5 Å². The fourth-order valence-corrected chi connectivity index (χ4v) is 5.75. The summed E-state index contributed by atoms with van der Waals surface area (Å²) >= 11 is 0. The lowest BCUT2D eigenvalue weighted by molar-refractivity contribution is -0.136. The maximum absolute atomic E-state index is 13.7. The maximum Gasteiger partial charge on any atom is 0.232 e. The number of ether oxygens (including phenoxy) is 1. The molecule has 2 atom stereocenters. The molecular formula is C30H35N5O2. The molecule has 0 radical (unpaired) electrons. The van der Waals surface area contributed by atoms with Crippen LogP contribution in [0.2, 0.25) is 0 Å². The number of imidazole rings is 1. The maximum atomic E-state index is 13.7. The van der Waals surface area contributed by atoms with Crippen LogP contribution in [0.25, 0.3) is 0 Å². The van der Waals surface area contributed by atoms with Crippen LogP contribution in [0, 0.1) is 17.2 Å². The van der Waals surface area contributed by atoms with Gasteiger partial charge in [0.05, 0.1) is 34.7 Å². The molecule has 1 aromatic heterocycles. The molecule has 5 rings (SSSR count). The zero-order valence-corrected chi connectivity index (χ0v) is 21.9. The van der Waals surface area contributed by atoms with E-state index in [0.717, 1.165) is 49.0 Å². The van der Waals surface area contributed by atoms with E-state index >= 15 is 0 Å². The molecule has 2 unspecified atom stereocenters. The number of hydrogen-bond acceptors (Lipinski definition) is 5. The molecule has 7 heteroatoms. The molecule has 37 heavy (non-hydrogen) atoms. The summed E-state index contributed by atoms with van der Waals surface area (Å²) in [6.07, 6.45) is 9.65. The van der Waals surface area contributed by atoms with Crippen LogP contribution in [0.3, 0.4) is 0 Å². The first-order valence-corrected chi connectivity index (χ1v) is 13.1. The first-order chi connectivity index (χ1) is 17.7. The lowest BCUT2D eigenvalue weighted by Gasteiger charge is -2.35. The number of rotatable bonds is 7. The lowest BCUT2D eigenvalue weighted by Crippen LogP contribution is -2.44. The van der Waals surface area contributed by atoms with Gasteiger partial charge < -0.3 is 19.9 Å². The molecule has 2 fully saturated rings. The van der Waals surface area contributed by atoms with Crippen molar-refractivity contribution in [3.8, 4) is 17.6 Å². The number of amides is 1. The van der Waals surface area contributed by atoms with E-state index in [9.17, 15) is 10.1 Å². The minimum Gasteiger partial charge on any atom is -0.456 e. The number of nitrogens with two attached hydrogens (primary N) is 1. The number of carbonyl (C=O) groups excluding carboxylic acids is 1. The van der Waals surface area contributed by atoms with Crippen molar-refractivity contribution >= 4 is 5.91 Å². The highest BCUT2D eigenvalue weighted by Crippen LogP contribution is 2.47. The van der Waals surface area contributed by atoms with E-state index in [1.165, 1.54) is 12.8 Å². The van der Waals surface area contributed by atoms with Gasteiger partial charge in [0.15, 0.2) is 0 Å². The van der Waals surface area contributed by atoms with Crippen LogP contribution in [0.5, 0.6) is 11.5 Å². The number of hydrogen-bond donors (Lipinski definition) is 1. The SMILES string of the molecule is CN1CCCCC(CC2CC2)(c2cccc(Oc3cc(C(C)(N)c4cncn4C)ccc3C#N)c2)C1=O. The highest BCUT2D eigenvalue weighted by molar-refractivity contribution is 5.88. The minimum absolute atomic E-state index is 0.212. The molecule has 1 saturated carbocycles. The van der Waals surface area contributed by atoms with Gasteiger partial charge in [-0.25, -0.2) is 4.98 Å². The van der Waals surface area contributed by atoms with Gasteiger partial charge in [0.1, 0.15) is 17.6 Å². The van der Waals surface area contributed by atoms with Crippen molar-refractivity contribution in [1.82, 2.24) is 14.5 Å². The molecule has 1 aliphatic heterocycles. The van der Waals surface area contributed by atoms with Gasteiger partial charge in [0.25, 0.3) is 0 Å². The molecule has 2 aromatic carbocycles. The second-order valence-electron chi connectivity index (χ2n) is 11.0. The Labute approximate surface area is 218 Å². The van der Waals surface area contributed by atoms with Crippen molar-refractivity contribution in [2.24, 2.45) is 18.7 Å². The van der Waals surface area contributed by atoms with Crippen LogP contribution < -0.4 is 10.5 Å². The average Bonchev–Trinajstić information content (AvgIpc) is 3.62. The van der Waals surface area contributed by atoms with Crippen molar-refractivity contribution in [1.29, 1.82) is 5.26 Å². The monoisotopic (exact) mass is 497 g/mol. The van der Waals surface area contributed by atoms with E-state index in [-0.39, 0.29) is 5.91 Å². The summed E-state index contributed by atoms with van der Waals surface area (Å²) < 4.78 is 8.24. The molecule has 7 nitrogen and oxygen atoms in total. The van der Waals surface area contributed by atoms with Gasteiger partial charge in [-0.15, -0.1) is 0 Å². The van der Waals surface area contributed by atoms with E-state index in [2.05, 4.69) is 17.1 Å². The molecule has 1 saturated heterocycles. The van der Waals surface area contributed by atoms with Gasteiger partial charge in [0.2, 0.25) is 5.91 Å². The summed E-state index contributed by atoms with van der Waals surface area (Å²) in [6, 6.07) is 15.6. The zero-order chi connectivity index (χ0) is 26.2. The van der Waals surface area contributed by atoms with Crippen molar-refractivity contribution in [3.05, 3.63) is 77.4 Å². The Kier molecular flexibility index (Phi) is 6.55. The van der Waals surface area contributed by atoms with Crippen LogP contribution in [-0.2, 0) is 22.8 Å². The van der Waals surface area contributed by atoms with Crippen LogP contribution in [-0.4, -0.2) is 34.0 Å². The number of aryl methyl sites for hydroxylation is 1. The van der Waals surface area contributed by atoms with E-state index in [1.54, 1.807) is 18.6 Å². The predicted octanol–water partition coefficient (Wildman–Crippen LogP) is 4.99. The largest absolute Gasteiger partial charge is 0.456 e. The van der Waals surface area contributed by atoms with Gasteiger partial charge in [-0.2, -0.15) is 5.26 Å². The van der Waals surface area contributed by atoms with Crippen molar-refractivity contribution in [2.45, 2.75) is 56.4 Å². The molecule has 2 heterocycles. The number of aromatic nitrogens is 2. The molecular weight excluding hydrogens is 462 g/mol. The normalized spacial score (nSPS) is 21.7. The van der Waals surface area contributed by atoms with Gasteiger partial charge in [-0.3, -0.25) is 4.79 Å². The summed E-state index contributed by atoms with van der Waals surface area (Å²) in [4.78, 5) is 19.8. The van der Waals surface area contributed by atoms with Crippen LogP contribution in [0.1, 0.15) is 67.8 Å². The topological polar surface area (TPSA) is 97.2 Å². The molecule has 0 spiro atoms. The smallest absolute Gasteiger partial charge is 0.232 e. The summed E-state index contributed by atoms with van der Waals surface area (Å²) in [5.41, 5.74) is 8.49. The third-order valence-corrected chi connectivity index (χ3v) is 8.10. The number of benzene rings is 2. The van der Waals surface area contributed by atoms with E-state index in [1.807, 2.05) is 60.8 Å². The zero-order valence-electron chi connectivity index (χ0n) is 21.9. The third kappa shape index (κ3) is 4.74. The Bertz CT molecular complexity index is 1350. The van der Waals surface area contributed by atoms with Crippen LogP contribution >= 0.6 is 0 Å². The van der Waals surface area contributed by atoms with Crippen molar-refractivity contribution in [2.75, 3.05) is 13.6 Å². The fraction of sp³-hybridized carbons (Fsp3) is 0.433. The van der Waals surface area contributed by atoms with Gasteiger partial charge in [-0.1, -0.05) is 37.5 Å². The second-order valence-corrected chi connectivity index (χ2v) is 11.0. The number of nitriles is 1.